The number of fused-ring (bicyclic) bond motifs is 1. The topological polar surface area (TPSA) is 95.9 Å². The number of rotatable bonds is 7. The number of aliphatic hydroxyl groups excluding tert-OH is 1. The van der Waals surface area contributed by atoms with Gasteiger partial charge in [-0.2, -0.15) is 0 Å². The first kappa shape index (κ1) is 21.6. The van der Waals surface area contributed by atoms with Crippen LogP contribution in [0, 0.1) is 11.8 Å². The minimum atomic E-state index is -0.736. The standard InChI is InChI=1S/C21H25BrN2O5S/c1-2-29-20(28)14-15-19(27)24(8-9-25)17(21(15)10-13(22)16(14)30-21)18(26)23-11-12-6-4-3-5-7-12/h3-7,13-17,25H,2,8-11H2,1H3,(H,23,26)/t13?,14-,15-,16-,17?,21?/m0/s1. The van der Waals surface area contributed by atoms with E-state index in [9.17, 15) is 19.5 Å². The number of hydrogen-bond donors (Lipinski definition) is 2. The fourth-order valence-electron chi connectivity index (χ4n) is 5.17. The number of hydrogen-bond acceptors (Lipinski definition) is 6. The van der Waals surface area contributed by atoms with Crippen molar-refractivity contribution in [1.82, 2.24) is 10.2 Å². The molecular formula is C21H25BrN2O5S. The number of carbonyl (C=O) groups is 3. The number of amides is 2. The van der Waals surface area contributed by atoms with Gasteiger partial charge in [-0.15, -0.1) is 11.8 Å². The summed E-state index contributed by atoms with van der Waals surface area (Å²) in [6.07, 6.45) is 0.611. The van der Waals surface area contributed by atoms with Gasteiger partial charge < -0.3 is 20.1 Å². The molecule has 1 aromatic carbocycles. The second-order valence-electron chi connectivity index (χ2n) is 7.87. The fraction of sp³-hybridized carbons (Fsp3) is 0.571. The van der Waals surface area contributed by atoms with Crippen molar-refractivity contribution in [2.45, 2.75) is 40.8 Å². The van der Waals surface area contributed by atoms with Crippen LogP contribution in [0.5, 0.6) is 0 Å². The molecule has 2 bridgehead atoms. The van der Waals surface area contributed by atoms with Crippen LogP contribution < -0.4 is 5.32 Å². The number of carbonyl (C=O) groups excluding carboxylic acids is 3. The van der Waals surface area contributed by atoms with Gasteiger partial charge in [0, 0.05) is 23.2 Å². The van der Waals surface area contributed by atoms with Gasteiger partial charge in [0.1, 0.15) is 6.04 Å². The molecule has 4 rings (SSSR count). The lowest BCUT2D eigenvalue weighted by molar-refractivity contribution is -0.153. The van der Waals surface area contributed by atoms with E-state index in [1.54, 1.807) is 18.7 Å². The normalized spacial score (nSPS) is 34.2. The molecule has 162 valence electrons. The van der Waals surface area contributed by atoms with Crippen LogP contribution in [-0.4, -0.2) is 68.4 Å². The Kier molecular flexibility index (Phi) is 6.14. The van der Waals surface area contributed by atoms with E-state index in [4.69, 9.17) is 4.74 Å². The first-order valence-electron chi connectivity index (χ1n) is 10.2. The van der Waals surface area contributed by atoms with Gasteiger partial charge in [-0.05, 0) is 18.9 Å². The minimum Gasteiger partial charge on any atom is -0.466 e. The summed E-state index contributed by atoms with van der Waals surface area (Å²) in [5, 5.41) is 12.4. The number of β-amino-alcohol motifs (C(OH)–C–C–N with tert-alkyl or cyclic N) is 1. The van der Waals surface area contributed by atoms with E-state index in [0.29, 0.717) is 13.0 Å². The lowest BCUT2D eigenvalue weighted by atomic mass is 9.71. The SMILES string of the molecule is CCOC(=O)[C@H]1[C@H]2C(=O)N(CCO)C(C(=O)NCc3ccccc3)C23CC(Br)[C@@H]1S3. The predicted molar refractivity (Wildman–Crippen MR) is 116 cm³/mol. The fourth-order valence-corrected chi connectivity index (χ4v) is 8.77. The van der Waals surface area contributed by atoms with Crippen LogP contribution in [0.15, 0.2) is 30.3 Å². The van der Waals surface area contributed by atoms with E-state index in [-0.39, 0.29) is 47.6 Å². The van der Waals surface area contributed by atoms with Crippen molar-refractivity contribution < 1.29 is 24.2 Å². The van der Waals surface area contributed by atoms with Crippen LogP contribution in [0.25, 0.3) is 0 Å². The lowest BCUT2D eigenvalue weighted by Crippen LogP contribution is -2.54. The van der Waals surface area contributed by atoms with E-state index in [2.05, 4.69) is 21.2 Å². The number of halogens is 1. The van der Waals surface area contributed by atoms with Crippen molar-refractivity contribution >= 4 is 45.5 Å². The second-order valence-corrected chi connectivity index (χ2v) is 10.6. The van der Waals surface area contributed by atoms with Crippen molar-refractivity contribution in [3.8, 4) is 0 Å². The molecule has 30 heavy (non-hydrogen) atoms. The number of benzene rings is 1. The zero-order valence-corrected chi connectivity index (χ0v) is 19.0. The zero-order valence-electron chi connectivity index (χ0n) is 16.6. The Morgan fingerprint density at radius 3 is 2.77 bits per heavy atom. The van der Waals surface area contributed by atoms with Crippen LogP contribution in [0.2, 0.25) is 0 Å². The summed E-state index contributed by atoms with van der Waals surface area (Å²) < 4.78 is 4.58. The minimum absolute atomic E-state index is 0.0134. The smallest absolute Gasteiger partial charge is 0.310 e. The Bertz CT molecular complexity index is 840. The van der Waals surface area contributed by atoms with Crippen molar-refractivity contribution in [2.75, 3.05) is 19.8 Å². The van der Waals surface area contributed by atoms with Gasteiger partial charge in [0.15, 0.2) is 0 Å². The Morgan fingerprint density at radius 2 is 2.10 bits per heavy atom. The number of ether oxygens (including phenoxy) is 1. The third kappa shape index (κ3) is 3.35. The molecule has 2 amide bonds. The van der Waals surface area contributed by atoms with Gasteiger partial charge in [0.05, 0.1) is 29.8 Å². The number of alkyl halides is 1. The number of thioether (sulfide) groups is 1. The van der Waals surface area contributed by atoms with Crippen LogP contribution >= 0.6 is 27.7 Å². The van der Waals surface area contributed by atoms with Crippen molar-refractivity contribution in [1.29, 1.82) is 0 Å². The molecule has 7 nitrogen and oxygen atoms in total. The average molecular weight is 497 g/mol. The third-order valence-electron chi connectivity index (χ3n) is 6.25. The predicted octanol–water partition coefficient (Wildman–Crippen LogP) is 1.32. The van der Waals surface area contributed by atoms with Crippen molar-refractivity contribution in [3.63, 3.8) is 0 Å². The quantitative estimate of drug-likeness (QED) is 0.436. The highest BCUT2D eigenvalue weighted by Crippen LogP contribution is 2.67. The van der Waals surface area contributed by atoms with Crippen LogP contribution in [0.3, 0.4) is 0 Å². The largest absolute Gasteiger partial charge is 0.466 e. The van der Waals surface area contributed by atoms with Gasteiger partial charge in [-0.1, -0.05) is 46.3 Å². The van der Waals surface area contributed by atoms with Crippen molar-refractivity contribution in [3.05, 3.63) is 35.9 Å². The average Bonchev–Trinajstić information content (AvgIpc) is 3.31. The molecule has 3 saturated heterocycles. The molecule has 0 aromatic heterocycles. The molecule has 3 heterocycles. The Balaban J connectivity index is 1.64. The molecule has 1 aromatic rings. The first-order chi connectivity index (χ1) is 14.4. The maximum Gasteiger partial charge on any atom is 0.310 e. The summed E-state index contributed by atoms with van der Waals surface area (Å²) in [5.41, 5.74) is 0.962. The molecule has 0 saturated carbocycles. The van der Waals surface area contributed by atoms with Gasteiger partial charge in [0.25, 0.3) is 0 Å². The zero-order chi connectivity index (χ0) is 21.5. The molecule has 6 atom stereocenters. The Hall–Kier alpha value is -1.58. The van der Waals surface area contributed by atoms with Crippen LogP contribution in [0.1, 0.15) is 18.9 Å². The first-order valence-corrected chi connectivity index (χ1v) is 12.0. The summed E-state index contributed by atoms with van der Waals surface area (Å²) in [7, 11) is 0. The third-order valence-corrected chi connectivity index (χ3v) is 9.47. The Morgan fingerprint density at radius 1 is 1.37 bits per heavy atom. The summed E-state index contributed by atoms with van der Waals surface area (Å²) >= 11 is 5.24. The highest BCUT2D eigenvalue weighted by molar-refractivity contribution is 9.09. The van der Waals surface area contributed by atoms with E-state index < -0.39 is 22.6 Å². The van der Waals surface area contributed by atoms with Crippen LogP contribution in [-0.2, 0) is 25.7 Å². The highest BCUT2D eigenvalue weighted by atomic mass is 79.9. The number of likely N-dealkylation sites (tertiary alicyclic amines) is 1. The second kappa shape index (κ2) is 8.51. The molecular weight excluding hydrogens is 472 g/mol. The summed E-state index contributed by atoms with van der Waals surface area (Å²) in [6.45, 7) is 2.16. The van der Waals surface area contributed by atoms with E-state index in [1.807, 2.05) is 30.3 Å². The molecule has 9 heteroatoms. The summed E-state index contributed by atoms with van der Waals surface area (Å²) in [4.78, 5) is 40.9. The van der Waals surface area contributed by atoms with Gasteiger partial charge >= 0.3 is 5.97 Å². The Labute approximate surface area is 188 Å². The molecule has 1 spiro atoms. The highest BCUT2D eigenvalue weighted by Gasteiger charge is 2.75. The summed E-state index contributed by atoms with van der Waals surface area (Å²) in [5.74, 6) is -2.07. The van der Waals surface area contributed by atoms with E-state index >= 15 is 0 Å². The number of esters is 1. The number of aliphatic hydroxyl groups is 1. The maximum atomic E-state index is 13.4. The number of nitrogens with zero attached hydrogens (tertiary/aromatic N) is 1. The van der Waals surface area contributed by atoms with E-state index in [1.165, 1.54) is 4.90 Å². The molecule has 3 aliphatic rings. The van der Waals surface area contributed by atoms with Crippen molar-refractivity contribution in [2.24, 2.45) is 11.8 Å². The van der Waals surface area contributed by atoms with Gasteiger partial charge in [-0.25, -0.2) is 0 Å². The molecule has 0 radical (unpaired) electrons. The molecule has 0 aliphatic carbocycles. The monoisotopic (exact) mass is 496 g/mol. The number of nitrogens with one attached hydrogen (secondary N) is 1. The van der Waals surface area contributed by atoms with Crippen LogP contribution in [0.4, 0.5) is 0 Å². The van der Waals surface area contributed by atoms with E-state index in [0.717, 1.165) is 5.56 Å². The summed E-state index contributed by atoms with van der Waals surface area (Å²) in [6, 6.07) is 8.83. The van der Waals surface area contributed by atoms with Gasteiger partial charge in [-0.3, -0.25) is 14.4 Å². The molecule has 2 N–H and O–H groups in total. The lowest BCUT2D eigenvalue weighted by Gasteiger charge is -2.35. The molecule has 3 fully saturated rings. The molecule has 3 unspecified atom stereocenters. The maximum absolute atomic E-state index is 13.4. The van der Waals surface area contributed by atoms with Gasteiger partial charge in [0.2, 0.25) is 11.8 Å². The molecule has 3 aliphatic heterocycles.